The minimum absolute atomic E-state index is 0.0735. The number of carbonyl (C=O) groups excluding carboxylic acids is 1. The first-order valence-corrected chi connectivity index (χ1v) is 6.05. The van der Waals surface area contributed by atoms with Gasteiger partial charge in [0.05, 0.1) is 4.47 Å². The topological polar surface area (TPSA) is 75.2 Å². The van der Waals surface area contributed by atoms with Gasteiger partial charge in [-0.05, 0) is 29.8 Å². The van der Waals surface area contributed by atoms with Crippen LogP contribution in [0.1, 0.15) is 13.8 Å². The van der Waals surface area contributed by atoms with Gasteiger partial charge in [-0.2, -0.15) is 0 Å². The SMILES string of the molecule is CCN(CC)C(=O)Cn1cc(Br)c(=O)[nH]c1=O. The number of carbonyl (C=O) groups is 1. The minimum atomic E-state index is -0.585. The van der Waals surface area contributed by atoms with E-state index in [2.05, 4.69) is 20.9 Å². The lowest BCUT2D eigenvalue weighted by Gasteiger charge is -2.18. The molecule has 0 unspecified atom stereocenters. The number of aromatic amines is 1. The number of H-pyrrole nitrogens is 1. The van der Waals surface area contributed by atoms with E-state index in [-0.39, 0.29) is 16.9 Å². The Labute approximate surface area is 106 Å². The summed E-state index contributed by atoms with van der Waals surface area (Å²) < 4.78 is 1.40. The fraction of sp³-hybridized carbons (Fsp3) is 0.500. The lowest BCUT2D eigenvalue weighted by Crippen LogP contribution is -2.38. The van der Waals surface area contributed by atoms with Crippen molar-refractivity contribution in [2.24, 2.45) is 0 Å². The molecule has 0 radical (unpaired) electrons. The molecular formula is C10H14BrN3O3. The van der Waals surface area contributed by atoms with E-state index in [9.17, 15) is 14.4 Å². The van der Waals surface area contributed by atoms with Gasteiger partial charge in [-0.15, -0.1) is 0 Å². The summed E-state index contributed by atoms with van der Waals surface area (Å²) >= 11 is 3.01. The van der Waals surface area contributed by atoms with Gasteiger partial charge in [0.2, 0.25) is 5.91 Å². The van der Waals surface area contributed by atoms with E-state index in [0.717, 1.165) is 0 Å². The molecule has 0 bridgehead atoms. The van der Waals surface area contributed by atoms with Crippen molar-refractivity contribution in [1.29, 1.82) is 0 Å². The molecule has 1 heterocycles. The number of aromatic nitrogens is 2. The second-order valence-electron chi connectivity index (χ2n) is 3.43. The van der Waals surface area contributed by atoms with Crippen molar-refractivity contribution in [2.45, 2.75) is 20.4 Å². The summed E-state index contributed by atoms with van der Waals surface area (Å²) in [6.45, 7) is 4.85. The number of hydrogen-bond acceptors (Lipinski definition) is 3. The standard InChI is InChI=1S/C10H14BrN3O3/c1-3-13(4-2)8(15)6-14-5-7(11)9(16)12-10(14)17/h5H,3-4,6H2,1-2H3,(H,12,16,17). The largest absolute Gasteiger partial charge is 0.342 e. The van der Waals surface area contributed by atoms with Crippen LogP contribution in [0.2, 0.25) is 0 Å². The van der Waals surface area contributed by atoms with Crippen LogP contribution in [0, 0.1) is 0 Å². The molecule has 94 valence electrons. The third kappa shape index (κ3) is 3.29. The lowest BCUT2D eigenvalue weighted by atomic mass is 10.4. The summed E-state index contributed by atoms with van der Waals surface area (Å²) in [6, 6.07) is 0. The maximum Gasteiger partial charge on any atom is 0.328 e. The molecule has 17 heavy (non-hydrogen) atoms. The van der Waals surface area contributed by atoms with Gasteiger partial charge in [-0.25, -0.2) is 4.79 Å². The van der Waals surface area contributed by atoms with E-state index in [1.165, 1.54) is 10.8 Å². The average molecular weight is 304 g/mol. The molecule has 0 aliphatic rings. The molecule has 0 atom stereocenters. The smallest absolute Gasteiger partial charge is 0.328 e. The predicted molar refractivity (Wildman–Crippen MR) is 67.0 cm³/mol. The van der Waals surface area contributed by atoms with Crippen molar-refractivity contribution >= 4 is 21.8 Å². The van der Waals surface area contributed by atoms with E-state index >= 15 is 0 Å². The Morgan fingerprint density at radius 3 is 2.53 bits per heavy atom. The minimum Gasteiger partial charge on any atom is -0.342 e. The number of halogens is 1. The zero-order valence-electron chi connectivity index (χ0n) is 9.70. The van der Waals surface area contributed by atoms with Crippen LogP contribution in [-0.4, -0.2) is 33.4 Å². The molecule has 1 amide bonds. The van der Waals surface area contributed by atoms with Gasteiger partial charge in [-0.3, -0.25) is 19.1 Å². The first kappa shape index (κ1) is 13.7. The Hall–Kier alpha value is -1.37. The Balaban J connectivity index is 2.96. The highest BCUT2D eigenvalue weighted by atomic mass is 79.9. The van der Waals surface area contributed by atoms with Crippen LogP contribution >= 0.6 is 15.9 Å². The predicted octanol–water partition coefficient (Wildman–Crippen LogP) is 0.167. The van der Waals surface area contributed by atoms with E-state index < -0.39 is 11.2 Å². The molecule has 1 rings (SSSR count). The quantitative estimate of drug-likeness (QED) is 0.861. The molecule has 0 aliphatic heterocycles. The first-order valence-electron chi connectivity index (χ1n) is 5.26. The molecule has 0 fully saturated rings. The Morgan fingerprint density at radius 1 is 1.41 bits per heavy atom. The summed E-state index contributed by atoms with van der Waals surface area (Å²) in [4.78, 5) is 38.1. The zero-order chi connectivity index (χ0) is 13.0. The highest BCUT2D eigenvalue weighted by Gasteiger charge is 2.11. The maximum atomic E-state index is 11.8. The van der Waals surface area contributed by atoms with Crippen molar-refractivity contribution in [3.8, 4) is 0 Å². The molecular weight excluding hydrogens is 290 g/mol. The molecule has 0 saturated heterocycles. The van der Waals surface area contributed by atoms with Crippen molar-refractivity contribution in [1.82, 2.24) is 14.5 Å². The van der Waals surface area contributed by atoms with Crippen molar-refractivity contribution < 1.29 is 4.79 Å². The fourth-order valence-electron chi connectivity index (χ4n) is 1.42. The molecule has 0 saturated carbocycles. The number of hydrogen-bond donors (Lipinski definition) is 1. The van der Waals surface area contributed by atoms with Crippen molar-refractivity contribution in [2.75, 3.05) is 13.1 Å². The Morgan fingerprint density at radius 2 is 2.00 bits per heavy atom. The summed E-state index contributed by atoms with van der Waals surface area (Å²) in [5, 5.41) is 0. The van der Waals surface area contributed by atoms with Gasteiger partial charge in [0, 0.05) is 19.3 Å². The summed E-state index contributed by atoms with van der Waals surface area (Å²) in [5.74, 6) is -0.156. The third-order valence-electron chi connectivity index (χ3n) is 2.39. The molecule has 7 heteroatoms. The molecule has 0 aliphatic carbocycles. The molecule has 1 aromatic rings. The van der Waals surface area contributed by atoms with Crippen LogP contribution in [0.5, 0.6) is 0 Å². The Bertz CT molecular complexity index is 516. The summed E-state index contributed by atoms with van der Waals surface area (Å²) in [7, 11) is 0. The van der Waals surface area contributed by atoms with Gasteiger partial charge in [0.1, 0.15) is 6.54 Å². The molecule has 0 spiro atoms. The Kier molecular flexibility index (Phi) is 4.68. The molecule has 1 aromatic heterocycles. The van der Waals surface area contributed by atoms with Gasteiger partial charge in [0.25, 0.3) is 5.56 Å². The molecule has 6 nitrogen and oxygen atoms in total. The zero-order valence-corrected chi connectivity index (χ0v) is 11.3. The average Bonchev–Trinajstić information content (AvgIpc) is 2.27. The van der Waals surface area contributed by atoms with Gasteiger partial charge in [0.15, 0.2) is 0 Å². The second-order valence-corrected chi connectivity index (χ2v) is 4.28. The molecule has 0 aromatic carbocycles. The third-order valence-corrected chi connectivity index (χ3v) is 2.95. The highest BCUT2D eigenvalue weighted by Crippen LogP contribution is 1.99. The van der Waals surface area contributed by atoms with Crippen LogP contribution in [0.15, 0.2) is 20.3 Å². The van der Waals surface area contributed by atoms with E-state index in [0.29, 0.717) is 13.1 Å². The maximum absolute atomic E-state index is 11.8. The normalized spacial score (nSPS) is 10.3. The fourth-order valence-corrected chi connectivity index (χ4v) is 1.77. The summed E-state index contributed by atoms with van der Waals surface area (Å²) in [5.41, 5.74) is -1.08. The van der Waals surface area contributed by atoms with E-state index in [1.54, 1.807) is 4.90 Å². The number of likely N-dealkylation sites (N-methyl/N-ethyl adjacent to an activating group) is 1. The summed E-state index contributed by atoms with van der Waals surface area (Å²) in [6.07, 6.45) is 1.32. The second kappa shape index (κ2) is 5.81. The monoisotopic (exact) mass is 303 g/mol. The van der Waals surface area contributed by atoms with Crippen LogP contribution in [0.3, 0.4) is 0 Å². The van der Waals surface area contributed by atoms with Crippen LogP contribution < -0.4 is 11.2 Å². The van der Waals surface area contributed by atoms with Gasteiger partial charge in [-0.1, -0.05) is 0 Å². The number of amides is 1. The lowest BCUT2D eigenvalue weighted by molar-refractivity contribution is -0.131. The molecule has 1 N–H and O–H groups in total. The number of nitrogens with one attached hydrogen (secondary N) is 1. The van der Waals surface area contributed by atoms with Gasteiger partial charge < -0.3 is 4.90 Å². The van der Waals surface area contributed by atoms with Crippen molar-refractivity contribution in [3.63, 3.8) is 0 Å². The van der Waals surface area contributed by atoms with Crippen LogP contribution in [0.25, 0.3) is 0 Å². The number of rotatable bonds is 4. The van der Waals surface area contributed by atoms with Crippen LogP contribution in [-0.2, 0) is 11.3 Å². The highest BCUT2D eigenvalue weighted by molar-refractivity contribution is 9.10. The van der Waals surface area contributed by atoms with E-state index in [4.69, 9.17) is 0 Å². The van der Waals surface area contributed by atoms with Gasteiger partial charge >= 0.3 is 5.69 Å². The van der Waals surface area contributed by atoms with Crippen LogP contribution in [0.4, 0.5) is 0 Å². The number of nitrogens with zero attached hydrogens (tertiary/aromatic N) is 2. The van der Waals surface area contributed by atoms with E-state index in [1.807, 2.05) is 13.8 Å². The van der Waals surface area contributed by atoms with Crippen molar-refractivity contribution in [3.05, 3.63) is 31.5 Å². The first-order chi connectivity index (χ1) is 7.99.